The maximum Gasteiger partial charge on any atom is 0.183 e. The Morgan fingerprint density at radius 2 is 2.33 bits per heavy atom. The van der Waals surface area contributed by atoms with Crippen molar-refractivity contribution in [3.05, 3.63) is 18.2 Å². The van der Waals surface area contributed by atoms with Crippen molar-refractivity contribution in [1.82, 2.24) is 4.98 Å². The van der Waals surface area contributed by atoms with Crippen LogP contribution in [0.2, 0.25) is 0 Å². The van der Waals surface area contributed by atoms with Gasteiger partial charge in [-0.3, -0.25) is 0 Å². The van der Waals surface area contributed by atoms with E-state index in [1.54, 1.807) is 18.4 Å². The van der Waals surface area contributed by atoms with Crippen LogP contribution in [0.25, 0.3) is 10.2 Å². The van der Waals surface area contributed by atoms with E-state index in [-0.39, 0.29) is 0 Å². The Hall–Kier alpha value is -0.940. The smallest absolute Gasteiger partial charge is 0.183 e. The lowest BCUT2D eigenvalue weighted by atomic mass is 10.2. The molecule has 0 aliphatic heterocycles. The van der Waals surface area contributed by atoms with Gasteiger partial charge in [0, 0.05) is 6.54 Å². The SMILES string of the molecule is COc1ccc2nc(NCC(C)CSC)sc2c1. The fourth-order valence-electron chi connectivity index (χ4n) is 1.71. The Morgan fingerprint density at radius 1 is 1.50 bits per heavy atom. The average Bonchev–Trinajstić information content (AvgIpc) is 2.78. The third kappa shape index (κ3) is 3.29. The Labute approximate surface area is 116 Å². The van der Waals surface area contributed by atoms with E-state index in [0.29, 0.717) is 5.92 Å². The zero-order chi connectivity index (χ0) is 13.0. The predicted molar refractivity (Wildman–Crippen MR) is 82.2 cm³/mol. The average molecular weight is 282 g/mol. The summed E-state index contributed by atoms with van der Waals surface area (Å²) in [6.07, 6.45) is 2.14. The van der Waals surface area contributed by atoms with Crippen molar-refractivity contribution in [2.45, 2.75) is 6.92 Å². The molecule has 98 valence electrons. The fraction of sp³-hybridized carbons (Fsp3) is 0.462. The summed E-state index contributed by atoms with van der Waals surface area (Å²) in [5.41, 5.74) is 1.03. The molecule has 0 radical (unpaired) electrons. The molecule has 0 saturated carbocycles. The van der Waals surface area contributed by atoms with E-state index in [1.165, 1.54) is 5.75 Å². The van der Waals surface area contributed by atoms with E-state index < -0.39 is 0 Å². The van der Waals surface area contributed by atoms with Gasteiger partial charge in [-0.25, -0.2) is 4.98 Å². The molecule has 1 heterocycles. The van der Waals surface area contributed by atoms with Gasteiger partial charge in [0.05, 0.1) is 17.3 Å². The predicted octanol–water partition coefficient (Wildman–Crippen LogP) is 3.72. The fourth-order valence-corrected chi connectivity index (χ4v) is 3.30. The molecule has 2 aromatic rings. The molecule has 3 nitrogen and oxygen atoms in total. The van der Waals surface area contributed by atoms with E-state index in [2.05, 4.69) is 23.5 Å². The van der Waals surface area contributed by atoms with Gasteiger partial charge in [-0.15, -0.1) is 0 Å². The Bertz CT molecular complexity index is 513. The zero-order valence-corrected chi connectivity index (χ0v) is 12.5. The van der Waals surface area contributed by atoms with Gasteiger partial charge in [0.15, 0.2) is 5.13 Å². The highest BCUT2D eigenvalue weighted by molar-refractivity contribution is 7.98. The Balaban J connectivity index is 2.05. The molecule has 0 aliphatic rings. The number of thioether (sulfide) groups is 1. The summed E-state index contributed by atoms with van der Waals surface area (Å²) in [7, 11) is 1.69. The zero-order valence-electron chi connectivity index (χ0n) is 10.9. The highest BCUT2D eigenvalue weighted by Gasteiger charge is 2.06. The maximum absolute atomic E-state index is 5.22. The van der Waals surface area contributed by atoms with Gasteiger partial charge < -0.3 is 10.1 Å². The van der Waals surface area contributed by atoms with Gasteiger partial charge in [-0.1, -0.05) is 18.3 Å². The van der Waals surface area contributed by atoms with Crippen LogP contribution >= 0.6 is 23.1 Å². The van der Waals surface area contributed by atoms with Crippen molar-refractivity contribution in [2.24, 2.45) is 5.92 Å². The summed E-state index contributed by atoms with van der Waals surface area (Å²) in [6.45, 7) is 3.22. The summed E-state index contributed by atoms with van der Waals surface area (Å²) in [5, 5.41) is 4.40. The minimum Gasteiger partial charge on any atom is -0.497 e. The van der Waals surface area contributed by atoms with Gasteiger partial charge in [-0.2, -0.15) is 11.8 Å². The summed E-state index contributed by atoms with van der Waals surface area (Å²) in [5.74, 6) is 2.71. The lowest BCUT2D eigenvalue weighted by molar-refractivity contribution is 0.415. The van der Waals surface area contributed by atoms with Crippen LogP contribution in [0.4, 0.5) is 5.13 Å². The van der Waals surface area contributed by atoms with Gasteiger partial charge in [-0.05, 0) is 36.1 Å². The van der Waals surface area contributed by atoms with Crippen molar-refractivity contribution < 1.29 is 4.74 Å². The van der Waals surface area contributed by atoms with Crippen LogP contribution in [0.1, 0.15) is 6.92 Å². The summed E-state index contributed by atoms with van der Waals surface area (Å²) < 4.78 is 6.38. The normalized spacial score (nSPS) is 12.6. The summed E-state index contributed by atoms with van der Waals surface area (Å²) >= 11 is 3.56. The number of nitrogens with zero attached hydrogens (tertiary/aromatic N) is 1. The molecular formula is C13H18N2OS2. The van der Waals surface area contributed by atoms with Crippen molar-refractivity contribution in [3.8, 4) is 5.75 Å². The molecule has 0 saturated heterocycles. The molecule has 1 aromatic carbocycles. The second-order valence-electron chi connectivity index (χ2n) is 4.29. The molecular weight excluding hydrogens is 264 g/mol. The lowest BCUT2D eigenvalue weighted by Gasteiger charge is -2.09. The molecule has 1 atom stereocenters. The Morgan fingerprint density at radius 3 is 3.06 bits per heavy atom. The van der Waals surface area contributed by atoms with E-state index in [4.69, 9.17) is 4.74 Å². The van der Waals surface area contributed by atoms with E-state index in [0.717, 1.165) is 27.6 Å². The van der Waals surface area contributed by atoms with Crippen LogP contribution in [0, 0.1) is 5.92 Å². The first-order valence-corrected chi connectivity index (χ1v) is 8.11. The number of thiazole rings is 1. The molecule has 0 bridgehead atoms. The molecule has 0 amide bonds. The summed E-state index contributed by atoms with van der Waals surface area (Å²) in [6, 6.07) is 5.98. The third-order valence-corrected chi connectivity index (χ3v) is 4.53. The highest BCUT2D eigenvalue weighted by Crippen LogP contribution is 2.29. The van der Waals surface area contributed by atoms with Crippen LogP contribution in [-0.4, -0.2) is 30.6 Å². The molecule has 1 aromatic heterocycles. The summed E-state index contributed by atoms with van der Waals surface area (Å²) in [4.78, 5) is 4.57. The number of aromatic nitrogens is 1. The lowest BCUT2D eigenvalue weighted by Crippen LogP contribution is -2.12. The standard InChI is InChI=1S/C13H18N2OS2/c1-9(8-17-3)7-14-13-15-11-5-4-10(16-2)6-12(11)18-13/h4-6,9H,7-8H2,1-3H3,(H,14,15). The number of ether oxygens (including phenoxy) is 1. The van der Waals surface area contributed by atoms with E-state index >= 15 is 0 Å². The monoisotopic (exact) mass is 282 g/mol. The number of rotatable bonds is 6. The van der Waals surface area contributed by atoms with E-state index in [1.807, 2.05) is 30.0 Å². The van der Waals surface area contributed by atoms with Crippen molar-refractivity contribution in [2.75, 3.05) is 31.0 Å². The minimum atomic E-state index is 0.654. The highest BCUT2D eigenvalue weighted by atomic mass is 32.2. The number of fused-ring (bicyclic) bond motifs is 1. The van der Waals surface area contributed by atoms with Gasteiger partial charge in [0.1, 0.15) is 5.75 Å². The van der Waals surface area contributed by atoms with E-state index in [9.17, 15) is 0 Å². The molecule has 0 aliphatic carbocycles. The Kier molecular flexibility index (Phi) is 4.72. The first kappa shape index (κ1) is 13.5. The number of benzene rings is 1. The van der Waals surface area contributed by atoms with Gasteiger partial charge in [0.2, 0.25) is 0 Å². The van der Waals surface area contributed by atoms with Gasteiger partial charge in [0.25, 0.3) is 0 Å². The molecule has 2 rings (SSSR count). The number of methoxy groups -OCH3 is 1. The van der Waals surface area contributed by atoms with Crippen molar-refractivity contribution >= 4 is 38.4 Å². The first-order chi connectivity index (χ1) is 8.72. The van der Waals surface area contributed by atoms with Crippen molar-refractivity contribution in [3.63, 3.8) is 0 Å². The molecule has 5 heteroatoms. The minimum absolute atomic E-state index is 0.654. The van der Waals surface area contributed by atoms with Crippen LogP contribution in [-0.2, 0) is 0 Å². The largest absolute Gasteiger partial charge is 0.497 e. The number of anilines is 1. The van der Waals surface area contributed by atoms with Crippen LogP contribution in [0.15, 0.2) is 18.2 Å². The number of hydrogen-bond acceptors (Lipinski definition) is 5. The van der Waals surface area contributed by atoms with Crippen LogP contribution in [0.3, 0.4) is 0 Å². The molecule has 0 fully saturated rings. The first-order valence-electron chi connectivity index (χ1n) is 5.90. The molecule has 1 unspecified atom stereocenters. The van der Waals surface area contributed by atoms with Crippen LogP contribution < -0.4 is 10.1 Å². The number of hydrogen-bond donors (Lipinski definition) is 1. The quantitative estimate of drug-likeness (QED) is 0.875. The maximum atomic E-state index is 5.22. The van der Waals surface area contributed by atoms with Crippen molar-refractivity contribution in [1.29, 1.82) is 0 Å². The second kappa shape index (κ2) is 6.29. The topological polar surface area (TPSA) is 34.1 Å². The molecule has 1 N–H and O–H groups in total. The third-order valence-electron chi connectivity index (χ3n) is 2.65. The van der Waals surface area contributed by atoms with Crippen LogP contribution in [0.5, 0.6) is 5.75 Å². The second-order valence-corrected chi connectivity index (χ2v) is 6.24. The van der Waals surface area contributed by atoms with Gasteiger partial charge >= 0.3 is 0 Å². The number of nitrogens with one attached hydrogen (secondary N) is 1. The molecule has 18 heavy (non-hydrogen) atoms. The molecule has 0 spiro atoms.